The highest BCUT2D eigenvalue weighted by Crippen LogP contribution is 2.18. The number of nitrogens with one attached hydrogen (secondary N) is 1. The summed E-state index contributed by atoms with van der Waals surface area (Å²) in [4.78, 5) is 10.8. The average molecular weight is 403 g/mol. The summed E-state index contributed by atoms with van der Waals surface area (Å²) >= 11 is 0. The molecule has 0 saturated heterocycles. The second kappa shape index (κ2) is 8.36. The van der Waals surface area contributed by atoms with Gasteiger partial charge in [0.25, 0.3) is 0 Å². The van der Waals surface area contributed by atoms with Crippen LogP contribution in [0.2, 0.25) is 0 Å². The number of fused-ring (bicyclic) bond motifs is 1. The fourth-order valence-electron chi connectivity index (χ4n) is 3.94. The van der Waals surface area contributed by atoms with E-state index >= 15 is 0 Å². The summed E-state index contributed by atoms with van der Waals surface area (Å²) in [5.74, 6) is 0.851. The van der Waals surface area contributed by atoms with Gasteiger partial charge in [-0.05, 0) is 64.6 Å². The van der Waals surface area contributed by atoms with E-state index in [0.29, 0.717) is 6.61 Å². The number of para-hydroxylation sites is 1. The third-order valence-corrected chi connectivity index (χ3v) is 5.38. The molecule has 0 amide bonds. The Labute approximate surface area is 177 Å². The Hall–Kier alpha value is -3.05. The number of H-pyrrole nitrogens is 1. The van der Waals surface area contributed by atoms with Crippen LogP contribution in [0.1, 0.15) is 24.6 Å². The number of benzene rings is 1. The van der Waals surface area contributed by atoms with Gasteiger partial charge in [-0.3, -0.25) is 0 Å². The Morgan fingerprint density at radius 2 is 1.97 bits per heavy atom. The van der Waals surface area contributed by atoms with Crippen molar-refractivity contribution in [2.75, 3.05) is 27.2 Å². The van der Waals surface area contributed by atoms with Crippen molar-refractivity contribution in [3.8, 4) is 5.75 Å². The van der Waals surface area contributed by atoms with Crippen LogP contribution in [0.25, 0.3) is 17.5 Å². The number of hydrogen-bond acceptors (Lipinski definition) is 3. The molecule has 1 N–H and O–H groups in total. The van der Waals surface area contributed by atoms with Crippen LogP contribution in [0.4, 0.5) is 0 Å². The zero-order valence-electron chi connectivity index (χ0n) is 18.5. The van der Waals surface area contributed by atoms with E-state index in [1.807, 2.05) is 13.0 Å². The maximum atomic E-state index is 5.96. The standard InChI is InChI=1S/C25H30N4O/c1-6-30-24-14-22(26-23(24)16-29-15-17(2)13-18(29)3)25-20(11-12-28(4)5)19-9-7-8-10-21(19)27-25/h7-10,13-16,26H,6,11-12H2,1-5H3. The van der Waals surface area contributed by atoms with E-state index in [1.54, 1.807) is 0 Å². The zero-order valence-corrected chi connectivity index (χ0v) is 18.5. The van der Waals surface area contributed by atoms with Crippen LogP contribution >= 0.6 is 0 Å². The number of aromatic nitrogens is 2. The first kappa shape index (κ1) is 20.2. The number of aromatic amines is 1. The third-order valence-electron chi connectivity index (χ3n) is 5.38. The first-order valence-electron chi connectivity index (χ1n) is 10.5. The molecule has 30 heavy (non-hydrogen) atoms. The van der Waals surface area contributed by atoms with Gasteiger partial charge in [0.05, 0.1) is 28.4 Å². The molecule has 0 unspecified atom stereocenters. The van der Waals surface area contributed by atoms with Gasteiger partial charge in [-0.25, -0.2) is 4.99 Å². The molecule has 3 aromatic rings. The van der Waals surface area contributed by atoms with Crippen molar-refractivity contribution < 1.29 is 4.74 Å². The van der Waals surface area contributed by atoms with Crippen molar-refractivity contribution in [2.45, 2.75) is 27.2 Å². The minimum Gasteiger partial charge on any atom is -0.492 e. The van der Waals surface area contributed by atoms with E-state index in [-0.39, 0.29) is 0 Å². The lowest BCUT2D eigenvalue weighted by Crippen LogP contribution is -2.23. The molecule has 0 saturated carbocycles. The molecule has 0 radical (unpaired) electrons. The normalized spacial score (nSPS) is 15.7. The fourth-order valence-corrected chi connectivity index (χ4v) is 3.94. The van der Waals surface area contributed by atoms with E-state index < -0.39 is 0 Å². The molecule has 3 heterocycles. The van der Waals surface area contributed by atoms with Crippen LogP contribution in [-0.4, -0.2) is 41.7 Å². The Morgan fingerprint density at radius 3 is 2.67 bits per heavy atom. The van der Waals surface area contributed by atoms with Gasteiger partial charge >= 0.3 is 0 Å². The summed E-state index contributed by atoms with van der Waals surface area (Å²) in [6, 6.07) is 12.6. The summed E-state index contributed by atoms with van der Waals surface area (Å²) in [6.45, 7) is 7.82. The van der Waals surface area contributed by atoms with Crippen LogP contribution in [0.15, 0.2) is 47.6 Å². The molecule has 1 aliphatic rings. The minimum absolute atomic E-state index is 0.617. The SMILES string of the molecule is CCOc1cc(=C2N=c3ccccc3=C2CCN(C)C)[nH]c1=Cn1cc(C)cc1C. The lowest BCUT2D eigenvalue weighted by Gasteiger charge is -2.10. The topological polar surface area (TPSA) is 45.5 Å². The number of nitrogens with zero attached hydrogens (tertiary/aromatic N) is 3. The predicted molar refractivity (Wildman–Crippen MR) is 122 cm³/mol. The van der Waals surface area contributed by atoms with Gasteiger partial charge in [-0.15, -0.1) is 0 Å². The molecule has 1 aromatic carbocycles. The van der Waals surface area contributed by atoms with Crippen molar-refractivity contribution >= 4 is 17.5 Å². The molecule has 2 aromatic heterocycles. The summed E-state index contributed by atoms with van der Waals surface area (Å²) in [5, 5.41) is 4.22. The second-order valence-corrected chi connectivity index (χ2v) is 8.10. The predicted octanol–water partition coefficient (Wildman–Crippen LogP) is 1.66. The molecule has 156 valence electrons. The van der Waals surface area contributed by atoms with Gasteiger partial charge in [0.1, 0.15) is 5.75 Å². The third kappa shape index (κ3) is 3.98. The smallest absolute Gasteiger partial charge is 0.146 e. The van der Waals surface area contributed by atoms with Gasteiger partial charge in [0, 0.05) is 35.9 Å². The average Bonchev–Trinajstić information content (AvgIpc) is 3.36. The second-order valence-electron chi connectivity index (χ2n) is 8.10. The maximum absolute atomic E-state index is 5.96. The van der Waals surface area contributed by atoms with Crippen molar-refractivity contribution in [1.82, 2.24) is 14.5 Å². The number of ether oxygens (including phenoxy) is 1. The van der Waals surface area contributed by atoms with Crippen molar-refractivity contribution in [2.24, 2.45) is 4.99 Å². The minimum atomic E-state index is 0.617. The van der Waals surface area contributed by atoms with Crippen molar-refractivity contribution in [3.05, 3.63) is 75.1 Å². The highest BCUT2D eigenvalue weighted by molar-refractivity contribution is 5.89. The van der Waals surface area contributed by atoms with Gasteiger partial charge < -0.3 is 19.2 Å². The first-order valence-corrected chi connectivity index (χ1v) is 10.5. The molecule has 5 heteroatoms. The molecule has 1 aliphatic heterocycles. The first-order chi connectivity index (χ1) is 14.5. The highest BCUT2D eigenvalue weighted by atomic mass is 16.5. The van der Waals surface area contributed by atoms with Crippen LogP contribution in [0.5, 0.6) is 5.75 Å². The van der Waals surface area contributed by atoms with E-state index in [0.717, 1.165) is 40.5 Å². The summed E-state index contributed by atoms with van der Waals surface area (Å²) in [6.07, 6.45) is 5.17. The Bertz CT molecular complexity index is 1310. The molecule has 0 spiro atoms. The van der Waals surface area contributed by atoms with E-state index in [1.165, 1.54) is 22.0 Å². The van der Waals surface area contributed by atoms with Gasteiger partial charge in [-0.2, -0.15) is 0 Å². The van der Waals surface area contributed by atoms with E-state index in [4.69, 9.17) is 9.73 Å². The number of hydrogen-bond donors (Lipinski definition) is 1. The van der Waals surface area contributed by atoms with Gasteiger partial charge in [0.15, 0.2) is 0 Å². The van der Waals surface area contributed by atoms with Crippen LogP contribution in [-0.2, 0) is 0 Å². The lowest BCUT2D eigenvalue weighted by atomic mass is 10.1. The molecule has 5 nitrogen and oxygen atoms in total. The van der Waals surface area contributed by atoms with Crippen molar-refractivity contribution in [1.29, 1.82) is 0 Å². The van der Waals surface area contributed by atoms with Crippen molar-refractivity contribution in [3.63, 3.8) is 0 Å². The fraction of sp³-hybridized carbons (Fsp3) is 0.320. The Morgan fingerprint density at radius 1 is 1.17 bits per heavy atom. The zero-order chi connectivity index (χ0) is 21.3. The number of rotatable bonds is 6. The molecule has 0 aliphatic carbocycles. The quantitative estimate of drug-likeness (QED) is 0.682. The van der Waals surface area contributed by atoms with Crippen LogP contribution in [0.3, 0.4) is 0 Å². The van der Waals surface area contributed by atoms with Gasteiger partial charge in [-0.1, -0.05) is 18.2 Å². The molecular weight excluding hydrogens is 372 g/mol. The molecule has 0 bridgehead atoms. The van der Waals surface area contributed by atoms with Gasteiger partial charge in [0.2, 0.25) is 0 Å². The maximum Gasteiger partial charge on any atom is 0.146 e. The Kier molecular flexibility index (Phi) is 5.64. The number of aryl methyl sites for hydroxylation is 2. The summed E-state index contributed by atoms with van der Waals surface area (Å²) < 4.78 is 8.09. The monoisotopic (exact) mass is 402 g/mol. The molecular formula is C25H30N4O. The molecule has 4 rings (SSSR count). The van der Waals surface area contributed by atoms with Crippen LogP contribution < -0.4 is 26.0 Å². The van der Waals surface area contributed by atoms with E-state index in [9.17, 15) is 0 Å². The van der Waals surface area contributed by atoms with E-state index in [2.05, 4.69) is 85.1 Å². The molecule has 0 atom stereocenters. The largest absolute Gasteiger partial charge is 0.492 e. The highest BCUT2D eigenvalue weighted by Gasteiger charge is 2.15. The Balaban J connectivity index is 1.92. The molecule has 0 fully saturated rings. The summed E-state index contributed by atoms with van der Waals surface area (Å²) in [5.41, 5.74) is 4.72. The van der Waals surface area contributed by atoms with Crippen LogP contribution in [0, 0.1) is 13.8 Å². The lowest BCUT2D eigenvalue weighted by molar-refractivity contribution is 0.338. The summed E-state index contributed by atoms with van der Waals surface area (Å²) in [7, 11) is 4.21.